The minimum absolute atomic E-state index is 0.0879. The topological polar surface area (TPSA) is 72.5 Å². The zero-order chi connectivity index (χ0) is 15.7. The zero-order valence-electron chi connectivity index (χ0n) is 13.6. The Morgan fingerprint density at radius 2 is 2.05 bits per heavy atom. The predicted molar refractivity (Wildman–Crippen MR) is 83.6 cm³/mol. The molecule has 22 heavy (non-hydrogen) atoms. The van der Waals surface area contributed by atoms with Crippen molar-refractivity contribution in [1.29, 1.82) is 0 Å². The number of hydrogen-bond donors (Lipinski definition) is 2. The molecule has 2 aliphatic heterocycles. The van der Waals surface area contributed by atoms with Crippen LogP contribution < -0.4 is 0 Å². The lowest BCUT2D eigenvalue weighted by molar-refractivity contribution is -0.130. The van der Waals surface area contributed by atoms with Gasteiger partial charge in [0, 0.05) is 24.3 Å². The summed E-state index contributed by atoms with van der Waals surface area (Å²) in [7, 11) is 0. The van der Waals surface area contributed by atoms with Gasteiger partial charge < -0.3 is 14.9 Å². The standard InChI is InChI=1S/C16H26N4O2/c1-12-14(13(2)18-17-12)9-15(21)20-8-5-16(22,11-20)10-19-6-3-4-7-19/h22H,3-11H2,1-2H3,(H,17,18). The second-order valence-electron chi connectivity index (χ2n) is 6.86. The van der Waals surface area contributed by atoms with E-state index in [1.807, 2.05) is 18.7 Å². The number of likely N-dealkylation sites (tertiary alicyclic amines) is 2. The molecule has 0 saturated carbocycles. The number of H-pyrrole nitrogens is 1. The maximum absolute atomic E-state index is 12.5. The summed E-state index contributed by atoms with van der Waals surface area (Å²) in [4.78, 5) is 16.6. The molecule has 1 aromatic heterocycles. The molecule has 2 N–H and O–H groups in total. The number of carbonyl (C=O) groups is 1. The summed E-state index contributed by atoms with van der Waals surface area (Å²) in [6.45, 7) is 7.81. The number of rotatable bonds is 4. The highest BCUT2D eigenvalue weighted by atomic mass is 16.3. The minimum Gasteiger partial charge on any atom is -0.387 e. The average molecular weight is 306 g/mol. The predicted octanol–water partition coefficient (Wildman–Crippen LogP) is 0.628. The van der Waals surface area contributed by atoms with E-state index in [2.05, 4.69) is 15.1 Å². The molecule has 122 valence electrons. The van der Waals surface area contributed by atoms with Crippen LogP contribution in [0.1, 0.15) is 36.2 Å². The Labute approximate surface area is 131 Å². The van der Waals surface area contributed by atoms with Crippen molar-refractivity contribution in [3.8, 4) is 0 Å². The van der Waals surface area contributed by atoms with E-state index < -0.39 is 5.60 Å². The zero-order valence-corrected chi connectivity index (χ0v) is 13.6. The van der Waals surface area contributed by atoms with Crippen LogP contribution in [0.25, 0.3) is 0 Å². The molecule has 3 rings (SSSR count). The molecule has 3 heterocycles. The largest absolute Gasteiger partial charge is 0.387 e. The van der Waals surface area contributed by atoms with E-state index >= 15 is 0 Å². The third-order valence-electron chi connectivity index (χ3n) is 5.01. The Bertz CT molecular complexity index is 531. The number of nitrogens with one attached hydrogen (secondary N) is 1. The second kappa shape index (κ2) is 6.01. The summed E-state index contributed by atoms with van der Waals surface area (Å²) in [5, 5.41) is 17.8. The molecular weight excluding hydrogens is 280 g/mol. The molecule has 2 aliphatic rings. The first kappa shape index (κ1) is 15.5. The normalized spacial score (nSPS) is 26.0. The summed E-state index contributed by atoms with van der Waals surface area (Å²) in [5.74, 6) is 0.0879. The fraction of sp³-hybridized carbons (Fsp3) is 0.750. The van der Waals surface area contributed by atoms with Gasteiger partial charge in [-0.2, -0.15) is 5.10 Å². The van der Waals surface area contributed by atoms with Crippen LogP contribution in [0.5, 0.6) is 0 Å². The maximum atomic E-state index is 12.5. The Hall–Kier alpha value is -1.40. The molecule has 1 unspecified atom stereocenters. The van der Waals surface area contributed by atoms with Gasteiger partial charge in [0.25, 0.3) is 0 Å². The highest BCUT2D eigenvalue weighted by Gasteiger charge is 2.39. The first-order chi connectivity index (χ1) is 10.5. The van der Waals surface area contributed by atoms with Crippen molar-refractivity contribution in [2.45, 2.75) is 45.1 Å². The van der Waals surface area contributed by atoms with Crippen LogP contribution in [0.15, 0.2) is 0 Å². The van der Waals surface area contributed by atoms with Crippen LogP contribution in [-0.2, 0) is 11.2 Å². The first-order valence-corrected chi connectivity index (χ1v) is 8.20. The van der Waals surface area contributed by atoms with Crippen molar-refractivity contribution in [1.82, 2.24) is 20.0 Å². The molecule has 1 amide bonds. The molecular formula is C16H26N4O2. The van der Waals surface area contributed by atoms with Gasteiger partial charge in [-0.3, -0.25) is 9.89 Å². The Morgan fingerprint density at radius 3 is 2.68 bits per heavy atom. The van der Waals surface area contributed by atoms with Crippen LogP contribution in [0.4, 0.5) is 0 Å². The van der Waals surface area contributed by atoms with E-state index in [4.69, 9.17) is 0 Å². The van der Waals surface area contributed by atoms with E-state index in [1.54, 1.807) is 0 Å². The Morgan fingerprint density at radius 1 is 1.32 bits per heavy atom. The Balaban J connectivity index is 1.58. The monoisotopic (exact) mass is 306 g/mol. The number of aliphatic hydroxyl groups is 1. The van der Waals surface area contributed by atoms with E-state index in [0.717, 1.165) is 30.0 Å². The molecule has 2 fully saturated rings. The number of hydrogen-bond acceptors (Lipinski definition) is 4. The quantitative estimate of drug-likeness (QED) is 0.856. The van der Waals surface area contributed by atoms with Gasteiger partial charge in [-0.1, -0.05) is 0 Å². The first-order valence-electron chi connectivity index (χ1n) is 8.20. The molecule has 6 nitrogen and oxygen atoms in total. The van der Waals surface area contributed by atoms with Crippen molar-refractivity contribution in [3.63, 3.8) is 0 Å². The van der Waals surface area contributed by atoms with Gasteiger partial charge in [0.05, 0.1) is 24.3 Å². The summed E-state index contributed by atoms with van der Waals surface area (Å²) in [6.07, 6.45) is 3.49. The van der Waals surface area contributed by atoms with Crippen LogP contribution in [0, 0.1) is 13.8 Å². The third-order valence-corrected chi connectivity index (χ3v) is 5.01. The van der Waals surface area contributed by atoms with Gasteiger partial charge in [-0.15, -0.1) is 0 Å². The number of carbonyl (C=O) groups excluding carboxylic acids is 1. The van der Waals surface area contributed by atoms with Gasteiger partial charge in [0.15, 0.2) is 0 Å². The number of nitrogens with zero attached hydrogens (tertiary/aromatic N) is 3. The van der Waals surface area contributed by atoms with Gasteiger partial charge >= 0.3 is 0 Å². The molecule has 0 aliphatic carbocycles. The number of aromatic amines is 1. The van der Waals surface area contributed by atoms with E-state index in [-0.39, 0.29) is 5.91 Å². The van der Waals surface area contributed by atoms with Crippen LogP contribution in [0.3, 0.4) is 0 Å². The molecule has 2 saturated heterocycles. The summed E-state index contributed by atoms with van der Waals surface area (Å²) < 4.78 is 0. The fourth-order valence-electron chi connectivity index (χ4n) is 3.65. The molecule has 0 bridgehead atoms. The van der Waals surface area contributed by atoms with Crippen LogP contribution in [-0.4, -0.2) is 69.3 Å². The lowest BCUT2D eigenvalue weighted by Gasteiger charge is -2.28. The lowest BCUT2D eigenvalue weighted by Crippen LogP contribution is -2.45. The minimum atomic E-state index is -0.736. The smallest absolute Gasteiger partial charge is 0.227 e. The number of aromatic nitrogens is 2. The van der Waals surface area contributed by atoms with Crippen molar-refractivity contribution in [3.05, 3.63) is 17.0 Å². The fourth-order valence-corrected chi connectivity index (χ4v) is 3.65. The molecule has 0 spiro atoms. The van der Waals surface area contributed by atoms with Gasteiger partial charge in [-0.25, -0.2) is 0 Å². The average Bonchev–Trinajstić information content (AvgIpc) is 3.17. The highest BCUT2D eigenvalue weighted by molar-refractivity contribution is 5.79. The van der Waals surface area contributed by atoms with Crippen LogP contribution in [0.2, 0.25) is 0 Å². The van der Waals surface area contributed by atoms with Crippen molar-refractivity contribution in [2.75, 3.05) is 32.7 Å². The number of amides is 1. The SMILES string of the molecule is Cc1n[nH]c(C)c1CC(=O)N1CCC(O)(CN2CCCC2)C1. The van der Waals surface area contributed by atoms with E-state index in [0.29, 0.717) is 32.5 Å². The molecule has 1 aromatic rings. The third kappa shape index (κ3) is 3.17. The molecule has 1 atom stereocenters. The lowest BCUT2D eigenvalue weighted by atomic mass is 10.0. The number of aryl methyl sites for hydroxylation is 2. The van der Waals surface area contributed by atoms with Gasteiger partial charge in [-0.05, 0) is 46.2 Å². The van der Waals surface area contributed by atoms with Crippen molar-refractivity contribution in [2.24, 2.45) is 0 Å². The van der Waals surface area contributed by atoms with Crippen LogP contribution >= 0.6 is 0 Å². The second-order valence-corrected chi connectivity index (χ2v) is 6.86. The summed E-state index contributed by atoms with van der Waals surface area (Å²) in [6, 6.07) is 0. The maximum Gasteiger partial charge on any atom is 0.227 e. The number of β-amino-alcohol motifs (C(OH)–C–C–N with tert-alkyl or cyclic N) is 1. The van der Waals surface area contributed by atoms with E-state index in [9.17, 15) is 9.90 Å². The molecule has 0 radical (unpaired) electrons. The summed E-state index contributed by atoms with van der Waals surface area (Å²) in [5.41, 5.74) is 2.09. The van der Waals surface area contributed by atoms with Gasteiger partial charge in [0.1, 0.15) is 0 Å². The Kier molecular flexibility index (Phi) is 4.23. The van der Waals surface area contributed by atoms with Gasteiger partial charge in [0.2, 0.25) is 5.91 Å². The molecule has 6 heteroatoms. The molecule has 0 aromatic carbocycles. The summed E-state index contributed by atoms with van der Waals surface area (Å²) >= 11 is 0. The van der Waals surface area contributed by atoms with Crippen molar-refractivity contribution >= 4 is 5.91 Å². The highest BCUT2D eigenvalue weighted by Crippen LogP contribution is 2.25. The van der Waals surface area contributed by atoms with Crippen molar-refractivity contribution < 1.29 is 9.90 Å². The van der Waals surface area contributed by atoms with E-state index in [1.165, 1.54) is 12.8 Å².